The summed E-state index contributed by atoms with van der Waals surface area (Å²) in [7, 11) is 0. The molecule has 25 heavy (non-hydrogen) atoms. The van der Waals surface area contributed by atoms with Crippen LogP contribution in [0.15, 0.2) is 42.5 Å². The minimum atomic E-state index is -0.253. The van der Waals surface area contributed by atoms with E-state index in [0.717, 1.165) is 41.8 Å². The Morgan fingerprint density at radius 3 is 2.64 bits per heavy atom. The van der Waals surface area contributed by atoms with Crippen LogP contribution in [0.3, 0.4) is 0 Å². The van der Waals surface area contributed by atoms with Crippen molar-refractivity contribution in [1.82, 2.24) is 14.5 Å². The fourth-order valence-corrected chi connectivity index (χ4v) is 3.68. The Morgan fingerprint density at radius 1 is 1.08 bits per heavy atom. The maximum atomic E-state index is 13.3. The van der Waals surface area contributed by atoms with E-state index in [-0.39, 0.29) is 11.7 Å². The van der Waals surface area contributed by atoms with E-state index in [9.17, 15) is 9.18 Å². The Hall–Kier alpha value is -2.69. The zero-order valence-corrected chi connectivity index (χ0v) is 13.8. The largest absolute Gasteiger partial charge is 0.334 e. The van der Waals surface area contributed by atoms with Gasteiger partial charge in [0.25, 0.3) is 5.91 Å². The summed E-state index contributed by atoms with van der Waals surface area (Å²) >= 11 is 0. The summed E-state index contributed by atoms with van der Waals surface area (Å²) in [5, 5.41) is 0. The Labute approximate surface area is 144 Å². The molecule has 126 valence electrons. The summed E-state index contributed by atoms with van der Waals surface area (Å²) in [6.45, 7) is 2.33. The molecule has 1 aliphatic heterocycles. The van der Waals surface area contributed by atoms with Crippen molar-refractivity contribution in [2.45, 2.75) is 19.4 Å². The Bertz CT molecular complexity index is 973. The predicted octanol–water partition coefficient (Wildman–Crippen LogP) is 3.71. The molecule has 0 bridgehead atoms. The summed E-state index contributed by atoms with van der Waals surface area (Å²) in [6.07, 6.45) is 2.46. The highest BCUT2D eigenvalue weighted by Crippen LogP contribution is 2.33. The molecule has 2 aromatic carbocycles. The topological polar surface area (TPSA) is 38.1 Å². The van der Waals surface area contributed by atoms with Crippen molar-refractivity contribution in [2.75, 3.05) is 13.1 Å². The third-order valence-electron chi connectivity index (χ3n) is 5.17. The summed E-state index contributed by atoms with van der Waals surface area (Å²) < 4.78 is 15.3. The number of carbonyl (C=O) groups excluding carboxylic acids is 1. The molecule has 0 N–H and O–H groups in total. The molecule has 5 heteroatoms. The van der Waals surface area contributed by atoms with E-state index in [1.165, 1.54) is 25.0 Å². The average Bonchev–Trinajstić information content (AvgIpc) is 3.36. The van der Waals surface area contributed by atoms with Crippen molar-refractivity contribution < 1.29 is 9.18 Å². The normalized spacial score (nSPS) is 17.2. The van der Waals surface area contributed by atoms with Gasteiger partial charge in [-0.3, -0.25) is 4.79 Å². The van der Waals surface area contributed by atoms with Gasteiger partial charge < -0.3 is 9.47 Å². The van der Waals surface area contributed by atoms with Crippen molar-refractivity contribution >= 4 is 16.9 Å². The lowest BCUT2D eigenvalue weighted by Gasteiger charge is -2.28. The molecule has 1 amide bonds. The summed E-state index contributed by atoms with van der Waals surface area (Å²) in [5.74, 6) is 0.975. The molecule has 2 heterocycles. The maximum absolute atomic E-state index is 13.3. The van der Waals surface area contributed by atoms with Gasteiger partial charge in [0, 0.05) is 25.2 Å². The summed E-state index contributed by atoms with van der Waals surface area (Å²) in [6, 6.07) is 12.3. The number of nitrogens with zero attached hydrogens (tertiary/aromatic N) is 3. The zero-order chi connectivity index (χ0) is 17.0. The number of halogens is 1. The molecule has 0 atom stereocenters. The van der Waals surface area contributed by atoms with Crippen molar-refractivity contribution in [3.8, 4) is 11.1 Å². The molecule has 0 spiro atoms. The molecule has 1 aromatic heterocycles. The number of amides is 1. The van der Waals surface area contributed by atoms with Crippen LogP contribution in [0, 0.1) is 11.7 Å². The second-order valence-corrected chi connectivity index (χ2v) is 6.96. The first-order valence-corrected chi connectivity index (χ1v) is 8.75. The lowest BCUT2D eigenvalue weighted by atomic mass is 10.0. The zero-order valence-electron chi connectivity index (χ0n) is 13.8. The van der Waals surface area contributed by atoms with E-state index >= 15 is 0 Å². The number of fused-ring (bicyclic) bond motifs is 3. The number of rotatable bonds is 3. The van der Waals surface area contributed by atoms with Crippen molar-refractivity contribution in [3.05, 3.63) is 54.1 Å². The van der Waals surface area contributed by atoms with Crippen molar-refractivity contribution in [3.63, 3.8) is 0 Å². The molecule has 0 unspecified atom stereocenters. The Morgan fingerprint density at radius 2 is 1.88 bits per heavy atom. The first kappa shape index (κ1) is 14.6. The number of para-hydroxylation sites is 1. The van der Waals surface area contributed by atoms with Gasteiger partial charge in [-0.2, -0.15) is 0 Å². The average molecular weight is 335 g/mol. The highest BCUT2D eigenvalue weighted by Gasteiger charge is 2.33. The SMILES string of the molecule is O=C1c2nc3cccc(-c4ccc(F)cc4)c3n2CCN1CC1CC1. The Balaban J connectivity index is 1.63. The quantitative estimate of drug-likeness (QED) is 0.732. The standard InChI is InChI=1S/C20H18FN3O/c21-15-8-6-14(7-9-15)16-2-1-3-17-18(16)24-11-10-23(12-13-4-5-13)20(25)19(24)22-17/h1-3,6-9,13H,4-5,10-12H2. The van der Waals surface area contributed by atoms with Crippen LogP contribution in [0.1, 0.15) is 23.5 Å². The first-order valence-electron chi connectivity index (χ1n) is 8.75. The van der Waals surface area contributed by atoms with Gasteiger partial charge in [-0.05, 0) is 42.5 Å². The number of hydrogen-bond acceptors (Lipinski definition) is 2. The van der Waals surface area contributed by atoms with Gasteiger partial charge in [0.15, 0.2) is 5.82 Å². The minimum absolute atomic E-state index is 0.0272. The number of imidazole rings is 1. The van der Waals surface area contributed by atoms with Crippen LogP contribution >= 0.6 is 0 Å². The van der Waals surface area contributed by atoms with Crippen LogP contribution in [0.5, 0.6) is 0 Å². The minimum Gasteiger partial charge on any atom is -0.334 e. The highest BCUT2D eigenvalue weighted by atomic mass is 19.1. The smallest absolute Gasteiger partial charge is 0.289 e. The van der Waals surface area contributed by atoms with E-state index in [1.807, 2.05) is 27.7 Å². The summed E-state index contributed by atoms with van der Waals surface area (Å²) in [5.41, 5.74) is 3.70. The molecule has 1 aliphatic carbocycles. The third kappa shape index (κ3) is 2.42. The van der Waals surface area contributed by atoms with Crippen molar-refractivity contribution in [2.24, 2.45) is 5.92 Å². The lowest BCUT2D eigenvalue weighted by molar-refractivity contribution is 0.0690. The number of aromatic nitrogens is 2. The van der Waals surface area contributed by atoms with Crippen LogP contribution < -0.4 is 0 Å². The molecule has 5 rings (SSSR count). The first-order chi connectivity index (χ1) is 12.2. The second-order valence-electron chi connectivity index (χ2n) is 6.96. The van der Waals surface area contributed by atoms with Crippen LogP contribution in [0.4, 0.5) is 4.39 Å². The predicted molar refractivity (Wildman–Crippen MR) is 93.8 cm³/mol. The van der Waals surface area contributed by atoms with E-state index in [1.54, 1.807) is 12.1 Å². The van der Waals surface area contributed by atoms with E-state index in [4.69, 9.17) is 0 Å². The fraction of sp³-hybridized carbons (Fsp3) is 0.300. The van der Waals surface area contributed by atoms with Gasteiger partial charge in [0.05, 0.1) is 11.0 Å². The van der Waals surface area contributed by atoms with Gasteiger partial charge in [0.1, 0.15) is 5.82 Å². The fourth-order valence-electron chi connectivity index (χ4n) is 3.68. The van der Waals surface area contributed by atoms with Crippen molar-refractivity contribution in [1.29, 1.82) is 0 Å². The molecule has 0 saturated heterocycles. The van der Waals surface area contributed by atoms with Crippen LogP contribution in [0.25, 0.3) is 22.2 Å². The maximum Gasteiger partial charge on any atom is 0.289 e. The molecule has 4 nitrogen and oxygen atoms in total. The van der Waals surface area contributed by atoms with E-state index in [0.29, 0.717) is 11.7 Å². The Kier molecular flexibility index (Phi) is 3.17. The van der Waals surface area contributed by atoms with Gasteiger partial charge in [-0.25, -0.2) is 9.37 Å². The van der Waals surface area contributed by atoms with E-state index in [2.05, 4.69) is 4.98 Å². The number of benzene rings is 2. The molecular weight excluding hydrogens is 317 g/mol. The lowest BCUT2D eigenvalue weighted by Crippen LogP contribution is -2.41. The van der Waals surface area contributed by atoms with Gasteiger partial charge in [-0.15, -0.1) is 0 Å². The van der Waals surface area contributed by atoms with Gasteiger partial charge in [-0.1, -0.05) is 24.3 Å². The second kappa shape index (κ2) is 5.41. The number of carbonyl (C=O) groups is 1. The molecule has 0 radical (unpaired) electrons. The molecule has 1 fully saturated rings. The van der Waals surface area contributed by atoms with Gasteiger partial charge >= 0.3 is 0 Å². The van der Waals surface area contributed by atoms with Gasteiger partial charge in [0.2, 0.25) is 0 Å². The highest BCUT2D eigenvalue weighted by molar-refractivity contribution is 6.00. The number of hydrogen-bond donors (Lipinski definition) is 0. The molecular formula is C20H18FN3O. The summed E-state index contributed by atoms with van der Waals surface area (Å²) in [4.78, 5) is 19.4. The van der Waals surface area contributed by atoms with Crippen LogP contribution in [-0.4, -0.2) is 33.4 Å². The third-order valence-corrected chi connectivity index (χ3v) is 5.17. The molecule has 1 saturated carbocycles. The van der Waals surface area contributed by atoms with Crippen LogP contribution in [-0.2, 0) is 6.54 Å². The molecule has 2 aliphatic rings. The monoisotopic (exact) mass is 335 g/mol. The van der Waals surface area contributed by atoms with Crippen LogP contribution in [0.2, 0.25) is 0 Å². The molecule has 3 aromatic rings. The van der Waals surface area contributed by atoms with E-state index < -0.39 is 0 Å².